The fourth-order valence-electron chi connectivity index (χ4n) is 2.31. The molecular weight excluding hydrogens is 321 g/mol. The van der Waals surface area contributed by atoms with Crippen molar-refractivity contribution in [2.24, 2.45) is 4.99 Å². The van der Waals surface area contributed by atoms with Gasteiger partial charge >= 0.3 is 0 Å². The molecule has 0 aliphatic heterocycles. The van der Waals surface area contributed by atoms with Gasteiger partial charge in [-0.2, -0.15) is 5.10 Å². The summed E-state index contributed by atoms with van der Waals surface area (Å²) in [6, 6.07) is 8.11. The third-order valence-corrected chi connectivity index (χ3v) is 3.69. The number of aromatic nitrogens is 2. The van der Waals surface area contributed by atoms with Crippen LogP contribution >= 0.6 is 0 Å². The second kappa shape index (κ2) is 10.3. The van der Waals surface area contributed by atoms with Crippen LogP contribution in [0.25, 0.3) is 0 Å². The molecule has 0 amide bonds. The first-order valence-electron chi connectivity index (χ1n) is 8.55. The SMILES string of the molecule is CCC(CNC(=NC)NCCCn1cccn1)Oc1cccc(F)c1. The highest BCUT2D eigenvalue weighted by Gasteiger charge is 2.09. The van der Waals surface area contributed by atoms with Crippen LogP contribution in [0.1, 0.15) is 19.8 Å². The van der Waals surface area contributed by atoms with Crippen LogP contribution in [0.2, 0.25) is 0 Å². The third-order valence-electron chi connectivity index (χ3n) is 3.69. The predicted octanol–water partition coefficient (Wildman–Crippen LogP) is 2.43. The molecule has 1 atom stereocenters. The van der Waals surface area contributed by atoms with E-state index in [-0.39, 0.29) is 11.9 Å². The molecule has 1 aromatic heterocycles. The average molecular weight is 347 g/mol. The van der Waals surface area contributed by atoms with Crippen LogP contribution in [-0.2, 0) is 6.54 Å². The van der Waals surface area contributed by atoms with E-state index in [0.717, 1.165) is 31.9 Å². The lowest BCUT2D eigenvalue weighted by Crippen LogP contribution is -2.42. The van der Waals surface area contributed by atoms with Crippen LogP contribution in [0.4, 0.5) is 4.39 Å². The Bertz CT molecular complexity index is 645. The standard InChI is InChI=1S/C18H26FN5O/c1-3-16(25-17-8-4-7-15(19)13-17)14-22-18(20-2)21-9-5-11-24-12-6-10-23-24/h4,6-8,10,12-13,16H,3,5,9,11,14H2,1-2H3,(H2,20,21,22). The Morgan fingerprint density at radius 2 is 2.24 bits per heavy atom. The molecule has 1 unspecified atom stereocenters. The maximum Gasteiger partial charge on any atom is 0.191 e. The monoisotopic (exact) mass is 347 g/mol. The first-order chi connectivity index (χ1) is 12.2. The van der Waals surface area contributed by atoms with E-state index in [4.69, 9.17) is 4.74 Å². The fourth-order valence-corrected chi connectivity index (χ4v) is 2.31. The van der Waals surface area contributed by atoms with Crippen molar-refractivity contribution in [1.82, 2.24) is 20.4 Å². The van der Waals surface area contributed by atoms with Gasteiger partial charge in [-0.1, -0.05) is 13.0 Å². The van der Waals surface area contributed by atoms with Gasteiger partial charge in [0.1, 0.15) is 17.7 Å². The number of ether oxygens (including phenoxy) is 1. The van der Waals surface area contributed by atoms with Crippen LogP contribution in [0.15, 0.2) is 47.7 Å². The average Bonchev–Trinajstić information content (AvgIpc) is 3.13. The van der Waals surface area contributed by atoms with Gasteiger partial charge in [0, 0.05) is 38.6 Å². The van der Waals surface area contributed by atoms with E-state index in [0.29, 0.717) is 12.3 Å². The van der Waals surface area contributed by atoms with Crippen LogP contribution < -0.4 is 15.4 Å². The largest absolute Gasteiger partial charge is 0.489 e. The highest BCUT2D eigenvalue weighted by atomic mass is 19.1. The van der Waals surface area contributed by atoms with Gasteiger partial charge in [-0.05, 0) is 31.0 Å². The number of benzene rings is 1. The van der Waals surface area contributed by atoms with Crippen LogP contribution in [0.3, 0.4) is 0 Å². The number of hydrogen-bond acceptors (Lipinski definition) is 3. The van der Waals surface area contributed by atoms with Crippen molar-refractivity contribution in [3.63, 3.8) is 0 Å². The molecule has 0 bridgehead atoms. The summed E-state index contributed by atoms with van der Waals surface area (Å²) in [7, 11) is 1.73. The molecule has 0 aliphatic carbocycles. The van der Waals surface area contributed by atoms with Crippen LogP contribution in [0, 0.1) is 5.82 Å². The maximum atomic E-state index is 13.2. The van der Waals surface area contributed by atoms with Crippen molar-refractivity contribution in [2.75, 3.05) is 20.1 Å². The van der Waals surface area contributed by atoms with E-state index in [1.165, 1.54) is 12.1 Å². The third kappa shape index (κ3) is 6.82. The van der Waals surface area contributed by atoms with Gasteiger partial charge in [0.05, 0.1) is 6.54 Å². The number of halogens is 1. The number of hydrogen-bond donors (Lipinski definition) is 2. The van der Waals surface area contributed by atoms with Gasteiger partial charge in [-0.15, -0.1) is 0 Å². The summed E-state index contributed by atoms with van der Waals surface area (Å²) < 4.78 is 21.0. The van der Waals surface area contributed by atoms with E-state index in [1.54, 1.807) is 25.4 Å². The van der Waals surface area contributed by atoms with E-state index < -0.39 is 0 Å². The lowest BCUT2D eigenvalue weighted by molar-refractivity contribution is 0.199. The zero-order valence-corrected chi connectivity index (χ0v) is 14.8. The zero-order valence-electron chi connectivity index (χ0n) is 14.8. The van der Waals surface area contributed by atoms with Crippen LogP contribution in [-0.4, -0.2) is 42.0 Å². The predicted molar refractivity (Wildman–Crippen MR) is 97.3 cm³/mol. The molecule has 2 rings (SSSR count). The van der Waals surface area contributed by atoms with Gasteiger partial charge in [0.15, 0.2) is 5.96 Å². The first kappa shape index (κ1) is 18.8. The molecule has 0 radical (unpaired) electrons. The second-order valence-corrected chi connectivity index (χ2v) is 5.61. The highest BCUT2D eigenvalue weighted by Crippen LogP contribution is 2.14. The number of nitrogens with zero attached hydrogens (tertiary/aromatic N) is 3. The topological polar surface area (TPSA) is 63.5 Å². The number of aryl methyl sites for hydroxylation is 1. The Kier molecular flexibility index (Phi) is 7.75. The summed E-state index contributed by atoms with van der Waals surface area (Å²) >= 11 is 0. The molecule has 1 heterocycles. The molecule has 2 N–H and O–H groups in total. The summed E-state index contributed by atoms with van der Waals surface area (Å²) in [6.45, 7) is 4.27. The number of rotatable bonds is 9. The first-order valence-corrected chi connectivity index (χ1v) is 8.55. The maximum absolute atomic E-state index is 13.2. The number of aliphatic imine (C=N–C) groups is 1. The summed E-state index contributed by atoms with van der Waals surface area (Å²) in [5.41, 5.74) is 0. The van der Waals surface area contributed by atoms with Gasteiger partial charge < -0.3 is 15.4 Å². The highest BCUT2D eigenvalue weighted by molar-refractivity contribution is 5.79. The normalized spacial score (nSPS) is 12.7. The second-order valence-electron chi connectivity index (χ2n) is 5.61. The molecule has 0 saturated heterocycles. The number of guanidine groups is 1. The Morgan fingerprint density at radius 3 is 2.92 bits per heavy atom. The summed E-state index contributed by atoms with van der Waals surface area (Å²) in [5.74, 6) is 0.965. The van der Waals surface area contributed by atoms with Gasteiger partial charge in [0.2, 0.25) is 0 Å². The molecule has 7 heteroatoms. The van der Waals surface area contributed by atoms with E-state index >= 15 is 0 Å². The molecule has 2 aromatic rings. The lowest BCUT2D eigenvalue weighted by atomic mass is 10.2. The molecule has 136 valence electrons. The van der Waals surface area contributed by atoms with Crippen molar-refractivity contribution in [2.45, 2.75) is 32.4 Å². The molecule has 0 fully saturated rings. The Labute approximate surface area is 148 Å². The summed E-state index contributed by atoms with van der Waals surface area (Å²) in [5, 5.41) is 10.7. The smallest absolute Gasteiger partial charge is 0.191 e. The molecule has 1 aromatic carbocycles. The van der Waals surface area contributed by atoms with Crippen molar-refractivity contribution >= 4 is 5.96 Å². The summed E-state index contributed by atoms with van der Waals surface area (Å²) in [4.78, 5) is 4.21. The Balaban J connectivity index is 1.70. The van der Waals surface area contributed by atoms with Gasteiger partial charge in [-0.25, -0.2) is 4.39 Å². The minimum absolute atomic E-state index is 0.0653. The quantitative estimate of drug-likeness (QED) is 0.415. The minimum atomic E-state index is -0.296. The molecule has 0 aliphatic rings. The lowest BCUT2D eigenvalue weighted by Gasteiger charge is -2.20. The fraction of sp³-hybridized carbons (Fsp3) is 0.444. The molecular formula is C18H26FN5O. The molecule has 0 saturated carbocycles. The Morgan fingerprint density at radius 1 is 1.36 bits per heavy atom. The van der Waals surface area contributed by atoms with E-state index in [9.17, 15) is 4.39 Å². The van der Waals surface area contributed by atoms with E-state index in [2.05, 4.69) is 20.7 Å². The van der Waals surface area contributed by atoms with Gasteiger partial charge in [0.25, 0.3) is 0 Å². The van der Waals surface area contributed by atoms with Crippen molar-refractivity contribution in [3.05, 3.63) is 48.5 Å². The minimum Gasteiger partial charge on any atom is -0.489 e. The molecule has 25 heavy (non-hydrogen) atoms. The summed E-state index contributed by atoms with van der Waals surface area (Å²) in [6.07, 6.45) is 5.41. The van der Waals surface area contributed by atoms with Gasteiger partial charge in [-0.3, -0.25) is 9.67 Å². The van der Waals surface area contributed by atoms with Crippen molar-refractivity contribution in [1.29, 1.82) is 0 Å². The van der Waals surface area contributed by atoms with E-state index in [1.807, 2.05) is 23.9 Å². The zero-order chi connectivity index (χ0) is 17.9. The number of nitrogens with one attached hydrogen (secondary N) is 2. The van der Waals surface area contributed by atoms with Crippen LogP contribution in [0.5, 0.6) is 5.75 Å². The Hall–Kier alpha value is -2.57. The molecule has 6 nitrogen and oxygen atoms in total. The molecule has 0 spiro atoms. The van der Waals surface area contributed by atoms with Crippen molar-refractivity contribution in [3.8, 4) is 5.75 Å². The van der Waals surface area contributed by atoms with Crippen molar-refractivity contribution < 1.29 is 9.13 Å².